The molecule has 1 saturated heterocycles. The van der Waals surface area contributed by atoms with Crippen molar-refractivity contribution in [1.82, 2.24) is 10.4 Å². The van der Waals surface area contributed by atoms with E-state index in [0.717, 1.165) is 5.01 Å². The molecule has 172 valence electrons. The number of anilines is 1. The number of hydrogen-bond donors (Lipinski definition) is 2. The number of halogens is 1. The first-order valence-corrected chi connectivity index (χ1v) is 10.2. The van der Waals surface area contributed by atoms with Crippen molar-refractivity contribution in [2.75, 3.05) is 25.6 Å². The standard InChI is InChI=1S/C22H20ClN3O7/c1-32-21(30)13-6-8-15(9-7-13)24-18(27)12-33-22(31)14-10-19(28)26(11-14)25-20(29)16-4-2-3-5-17(16)23/h2-9,14H,10-12H2,1H3,(H,24,27)(H,25,29)/t14-/m0/s1. The molecular formula is C22H20ClN3O7. The van der Waals surface area contributed by atoms with Gasteiger partial charge in [-0.15, -0.1) is 0 Å². The topological polar surface area (TPSA) is 131 Å². The second kappa shape index (κ2) is 10.6. The Morgan fingerprint density at radius 2 is 1.79 bits per heavy atom. The first-order chi connectivity index (χ1) is 15.8. The summed E-state index contributed by atoms with van der Waals surface area (Å²) in [4.78, 5) is 60.3. The van der Waals surface area contributed by atoms with Gasteiger partial charge >= 0.3 is 11.9 Å². The molecule has 0 radical (unpaired) electrons. The molecule has 10 nitrogen and oxygen atoms in total. The molecule has 1 fully saturated rings. The average Bonchev–Trinajstić information content (AvgIpc) is 3.17. The number of carbonyl (C=O) groups excluding carboxylic acids is 5. The van der Waals surface area contributed by atoms with Gasteiger partial charge in [-0.05, 0) is 36.4 Å². The van der Waals surface area contributed by atoms with Crippen molar-refractivity contribution < 1.29 is 33.4 Å². The quantitative estimate of drug-likeness (QED) is 0.586. The fourth-order valence-electron chi connectivity index (χ4n) is 3.06. The summed E-state index contributed by atoms with van der Waals surface area (Å²) < 4.78 is 9.60. The van der Waals surface area contributed by atoms with Gasteiger partial charge in [-0.3, -0.25) is 29.6 Å². The van der Waals surface area contributed by atoms with Crippen molar-refractivity contribution in [3.8, 4) is 0 Å². The van der Waals surface area contributed by atoms with Crippen LogP contribution in [0, 0.1) is 5.92 Å². The van der Waals surface area contributed by atoms with Gasteiger partial charge in [0.05, 0.1) is 35.7 Å². The average molecular weight is 474 g/mol. The zero-order chi connectivity index (χ0) is 24.0. The number of hydrogen-bond acceptors (Lipinski definition) is 7. The van der Waals surface area contributed by atoms with Crippen LogP contribution in [0.15, 0.2) is 48.5 Å². The highest BCUT2D eigenvalue weighted by molar-refractivity contribution is 6.33. The first-order valence-electron chi connectivity index (χ1n) is 9.79. The van der Waals surface area contributed by atoms with E-state index in [2.05, 4.69) is 15.5 Å². The zero-order valence-corrected chi connectivity index (χ0v) is 18.3. The molecule has 3 amide bonds. The lowest BCUT2D eigenvalue weighted by molar-refractivity contribution is -0.151. The Morgan fingerprint density at radius 1 is 1.09 bits per heavy atom. The molecule has 0 spiro atoms. The van der Waals surface area contributed by atoms with Gasteiger partial charge in [-0.1, -0.05) is 23.7 Å². The maximum atomic E-state index is 12.3. The maximum absolute atomic E-state index is 12.3. The molecule has 0 bridgehead atoms. The van der Waals surface area contributed by atoms with E-state index in [0.29, 0.717) is 11.3 Å². The van der Waals surface area contributed by atoms with E-state index in [1.807, 2.05) is 0 Å². The summed E-state index contributed by atoms with van der Waals surface area (Å²) in [7, 11) is 1.26. The Morgan fingerprint density at radius 3 is 2.45 bits per heavy atom. The molecule has 33 heavy (non-hydrogen) atoms. The lowest BCUT2D eigenvalue weighted by Gasteiger charge is -2.18. The van der Waals surface area contributed by atoms with Crippen molar-refractivity contribution in [2.45, 2.75) is 6.42 Å². The lowest BCUT2D eigenvalue weighted by Crippen LogP contribution is -2.43. The van der Waals surface area contributed by atoms with Gasteiger partial charge in [-0.2, -0.15) is 0 Å². The van der Waals surface area contributed by atoms with Gasteiger partial charge in [0.25, 0.3) is 11.8 Å². The third-order valence-corrected chi connectivity index (χ3v) is 5.08. The van der Waals surface area contributed by atoms with Crippen LogP contribution in [-0.2, 0) is 23.9 Å². The number of nitrogens with zero attached hydrogens (tertiary/aromatic N) is 1. The number of rotatable bonds is 7. The van der Waals surface area contributed by atoms with Gasteiger partial charge in [-0.25, -0.2) is 4.79 Å². The van der Waals surface area contributed by atoms with Gasteiger partial charge in [0, 0.05) is 12.1 Å². The highest BCUT2D eigenvalue weighted by Crippen LogP contribution is 2.20. The van der Waals surface area contributed by atoms with E-state index in [1.54, 1.807) is 18.2 Å². The monoisotopic (exact) mass is 473 g/mol. The molecule has 0 saturated carbocycles. The molecular weight excluding hydrogens is 454 g/mol. The number of benzene rings is 2. The summed E-state index contributed by atoms with van der Waals surface area (Å²) >= 11 is 5.98. The van der Waals surface area contributed by atoms with Crippen LogP contribution in [0.3, 0.4) is 0 Å². The van der Waals surface area contributed by atoms with E-state index in [9.17, 15) is 24.0 Å². The minimum atomic E-state index is -0.837. The summed E-state index contributed by atoms with van der Waals surface area (Å²) in [5, 5.41) is 3.78. The van der Waals surface area contributed by atoms with Crippen LogP contribution in [0.25, 0.3) is 0 Å². The highest BCUT2D eigenvalue weighted by Gasteiger charge is 2.37. The number of amides is 3. The molecule has 11 heteroatoms. The Balaban J connectivity index is 1.47. The molecule has 0 aliphatic carbocycles. The van der Waals surface area contributed by atoms with Gasteiger partial charge in [0.1, 0.15) is 0 Å². The third kappa shape index (κ3) is 6.07. The lowest BCUT2D eigenvalue weighted by atomic mass is 10.1. The Hall–Kier alpha value is -3.92. The SMILES string of the molecule is COC(=O)c1ccc(NC(=O)COC(=O)[C@H]2CC(=O)N(NC(=O)c3ccccc3Cl)C2)cc1. The molecule has 3 rings (SSSR count). The summed E-state index contributed by atoms with van der Waals surface area (Å²) in [5.74, 6) is -3.73. The normalized spacial score (nSPS) is 15.0. The van der Waals surface area contributed by atoms with E-state index in [-0.39, 0.29) is 23.6 Å². The summed E-state index contributed by atoms with van der Waals surface area (Å²) in [6, 6.07) is 12.3. The second-order valence-corrected chi connectivity index (χ2v) is 7.46. The molecule has 2 N–H and O–H groups in total. The predicted octanol–water partition coefficient (Wildman–Crippen LogP) is 1.80. The molecule has 0 unspecified atom stereocenters. The summed E-state index contributed by atoms with van der Waals surface area (Å²) in [5.41, 5.74) is 3.33. The van der Waals surface area contributed by atoms with Crippen molar-refractivity contribution >= 4 is 46.9 Å². The van der Waals surface area contributed by atoms with Gasteiger partial charge in [0.2, 0.25) is 5.91 Å². The van der Waals surface area contributed by atoms with Crippen LogP contribution < -0.4 is 10.7 Å². The molecule has 2 aromatic carbocycles. The van der Waals surface area contributed by atoms with Crippen LogP contribution in [0.1, 0.15) is 27.1 Å². The molecule has 1 heterocycles. The van der Waals surface area contributed by atoms with Crippen molar-refractivity contribution in [3.05, 3.63) is 64.7 Å². The van der Waals surface area contributed by atoms with E-state index in [1.165, 1.54) is 37.4 Å². The van der Waals surface area contributed by atoms with Crippen molar-refractivity contribution in [1.29, 1.82) is 0 Å². The zero-order valence-electron chi connectivity index (χ0n) is 17.5. The minimum Gasteiger partial charge on any atom is -0.465 e. The number of carbonyl (C=O) groups is 5. The fourth-order valence-corrected chi connectivity index (χ4v) is 3.28. The number of esters is 2. The first kappa shape index (κ1) is 23.7. The van der Waals surface area contributed by atoms with Crippen LogP contribution in [0.2, 0.25) is 5.02 Å². The smallest absolute Gasteiger partial charge is 0.337 e. The Kier molecular flexibility index (Phi) is 7.62. The number of ether oxygens (including phenoxy) is 2. The molecule has 2 aromatic rings. The number of nitrogens with one attached hydrogen (secondary N) is 2. The highest BCUT2D eigenvalue weighted by atomic mass is 35.5. The van der Waals surface area contributed by atoms with Crippen molar-refractivity contribution in [3.63, 3.8) is 0 Å². The predicted molar refractivity (Wildman–Crippen MR) is 116 cm³/mol. The van der Waals surface area contributed by atoms with Gasteiger partial charge in [0.15, 0.2) is 6.61 Å². The second-order valence-electron chi connectivity index (χ2n) is 7.05. The van der Waals surface area contributed by atoms with E-state index in [4.69, 9.17) is 16.3 Å². The number of methoxy groups -OCH3 is 1. The van der Waals surface area contributed by atoms with Gasteiger partial charge < -0.3 is 14.8 Å². The maximum Gasteiger partial charge on any atom is 0.337 e. The Labute approximate surface area is 193 Å². The van der Waals surface area contributed by atoms with E-state index >= 15 is 0 Å². The molecule has 1 aliphatic heterocycles. The molecule has 1 atom stereocenters. The third-order valence-electron chi connectivity index (χ3n) is 4.75. The Bertz CT molecular complexity index is 1090. The van der Waals surface area contributed by atoms with Crippen LogP contribution in [-0.4, -0.2) is 54.9 Å². The summed E-state index contributed by atoms with van der Waals surface area (Å²) in [6.45, 7) is -0.654. The van der Waals surface area contributed by atoms with Crippen LogP contribution in [0.4, 0.5) is 5.69 Å². The molecule has 0 aromatic heterocycles. The minimum absolute atomic E-state index is 0.0928. The van der Waals surface area contributed by atoms with Crippen LogP contribution >= 0.6 is 11.6 Å². The largest absolute Gasteiger partial charge is 0.465 e. The number of hydrazine groups is 1. The molecule has 1 aliphatic rings. The van der Waals surface area contributed by atoms with Crippen LogP contribution in [0.5, 0.6) is 0 Å². The summed E-state index contributed by atoms with van der Waals surface area (Å²) in [6.07, 6.45) is -0.168. The van der Waals surface area contributed by atoms with Crippen molar-refractivity contribution in [2.24, 2.45) is 5.92 Å². The van der Waals surface area contributed by atoms with E-state index < -0.39 is 42.2 Å². The fraction of sp³-hybridized carbons (Fsp3) is 0.227.